The Bertz CT molecular complexity index is 1010. The molecule has 10 nitrogen and oxygen atoms in total. The number of hydrogen-bond acceptors (Lipinski definition) is 7. The molecular formula is C25H32N4O6. The molecule has 2 fully saturated rings. The Balaban J connectivity index is 1.77. The molecular weight excluding hydrogens is 452 g/mol. The van der Waals surface area contributed by atoms with Crippen molar-refractivity contribution in [3.8, 4) is 17.6 Å². The Labute approximate surface area is 205 Å². The number of benzene rings is 1. The third-order valence-electron chi connectivity index (χ3n) is 6.01. The highest BCUT2D eigenvalue weighted by Gasteiger charge is 2.47. The van der Waals surface area contributed by atoms with E-state index in [0.717, 1.165) is 43.4 Å². The number of amides is 5. The highest BCUT2D eigenvalue weighted by molar-refractivity contribution is 6.53. The second-order valence-corrected chi connectivity index (χ2v) is 8.80. The van der Waals surface area contributed by atoms with Gasteiger partial charge >= 0.3 is 17.8 Å². The van der Waals surface area contributed by atoms with E-state index in [1.165, 1.54) is 12.1 Å². The number of anilines is 1. The Morgan fingerprint density at radius 1 is 1.00 bits per heavy atom. The molecule has 0 bridgehead atoms. The van der Waals surface area contributed by atoms with Crippen LogP contribution in [0, 0.1) is 11.3 Å². The number of nitrogens with one attached hydrogen (secondary N) is 1. The second-order valence-electron chi connectivity index (χ2n) is 8.80. The van der Waals surface area contributed by atoms with Crippen LogP contribution in [0.15, 0.2) is 18.2 Å². The first kappa shape index (κ1) is 26.0. The Morgan fingerprint density at radius 3 is 2.23 bits per heavy atom. The van der Waals surface area contributed by atoms with Gasteiger partial charge in [-0.2, -0.15) is 5.26 Å². The smallest absolute Gasteiger partial charge is 0.339 e. The minimum atomic E-state index is -1.10. The fourth-order valence-electron chi connectivity index (χ4n) is 4.21. The molecule has 1 saturated carbocycles. The van der Waals surface area contributed by atoms with Crippen molar-refractivity contribution in [3.05, 3.63) is 18.2 Å². The molecule has 1 saturated heterocycles. The van der Waals surface area contributed by atoms with E-state index in [1.54, 1.807) is 6.07 Å². The minimum Gasteiger partial charge on any atom is -0.490 e. The molecule has 0 unspecified atom stereocenters. The summed E-state index contributed by atoms with van der Waals surface area (Å²) in [5.41, 5.74) is -0.883. The van der Waals surface area contributed by atoms with E-state index in [4.69, 9.17) is 9.47 Å². The van der Waals surface area contributed by atoms with Gasteiger partial charge in [-0.15, -0.1) is 0 Å². The lowest BCUT2D eigenvalue weighted by Crippen LogP contribution is -2.51. The van der Waals surface area contributed by atoms with E-state index in [9.17, 15) is 24.4 Å². The summed E-state index contributed by atoms with van der Waals surface area (Å²) >= 11 is 0. The number of hydrogen-bond donors (Lipinski definition) is 1. The largest absolute Gasteiger partial charge is 0.490 e. The highest BCUT2D eigenvalue weighted by atomic mass is 16.5. The van der Waals surface area contributed by atoms with Gasteiger partial charge in [-0.05, 0) is 37.8 Å². The zero-order valence-electron chi connectivity index (χ0n) is 20.3. The van der Waals surface area contributed by atoms with Gasteiger partial charge in [0.1, 0.15) is 12.1 Å². The number of carbonyl (C=O) groups excluding carboxylic acids is 4. The van der Waals surface area contributed by atoms with E-state index in [1.807, 2.05) is 13.8 Å². The van der Waals surface area contributed by atoms with Crippen molar-refractivity contribution in [3.63, 3.8) is 0 Å². The zero-order valence-corrected chi connectivity index (χ0v) is 20.3. The summed E-state index contributed by atoms with van der Waals surface area (Å²) < 4.78 is 11.4. The van der Waals surface area contributed by atoms with Crippen molar-refractivity contribution >= 4 is 29.4 Å². The van der Waals surface area contributed by atoms with Gasteiger partial charge < -0.3 is 14.8 Å². The van der Waals surface area contributed by atoms with Crippen LogP contribution in [-0.2, 0) is 14.4 Å². The summed E-state index contributed by atoms with van der Waals surface area (Å²) in [7, 11) is 0. The van der Waals surface area contributed by atoms with Gasteiger partial charge in [-0.25, -0.2) is 14.6 Å². The van der Waals surface area contributed by atoms with Gasteiger partial charge in [0.25, 0.3) is 0 Å². The van der Waals surface area contributed by atoms with Gasteiger partial charge in [0.15, 0.2) is 11.5 Å². The number of imide groups is 2. The van der Waals surface area contributed by atoms with Gasteiger partial charge in [0.2, 0.25) is 5.91 Å². The lowest BCUT2D eigenvalue weighted by Gasteiger charge is -2.27. The van der Waals surface area contributed by atoms with E-state index in [-0.39, 0.29) is 5.69 Å². The van der Waals surface area contributed by atoms with E-state index < -0.39 is 35.8 Å². The molecule has 10 heteroatoms. The predicted octanol–water partition coefficient (Wildman–Crippen LogP) is 3.29. The zero-order chi connectivity index (χ0) is 25.4. The Morgan fingerprint density at radius 2 is 1.63 bits per heavy atom. The van der Waals surface area contributed by atoms with Crippen molar-refractivity contribution in [1.82, 2.24) is 10.2 Å². The molecule has 1 aliphatic carbocycles. The van der Waals surface area contributed by atoms with Crippen molar-refractivity contribution in [2.75, 3.05) is 24.7 Å². The quantitative estimate of drug-likeness (QED) is 0.306. The summed E-state index contributed by atoms with van der Waals surface area (Å²) in [5.74, 6) is -1.99. The molecule has 2 aliphatic rings. The van der Waals surface area contributed by atoms with Crippen LogP contribution < -0.4 is 19.7 Å². The van der Waals surface area contributed by atoms with Crippen LogP contribution in [0.3, 0.4) is 0 Å². The lowest BCUT2D eigenvalue weighted by molar-refractivity contribution is -0.140. The molecule has 0 atom stereocenters. The molecule has 188 valence electrons. The third kappa shape index (κ3) is 5.91. The van der Waals surface area contributed by atoms with Gasteiger partial charge in [-0.3, -0.25) is 14.4 Å². The van der Waals surface area contributed by atoms with Crippen LogP contribution in [0.2, 0.25) is 0 Å². The summed E-state index contributed by atoms with van der Waals surface area (Å²) in [5, 5.41) is 12.4. The summed E-state index contributed by atoms with van der Waals surface area (Å²) in [4.78, 5) is 52.4. The summed E-state index contributed by atoms with van der Waals surface area (Å²) in [6, 6.07) is 5.82. The molecule has 1 N–H and O–H groups in total. The molecule has 1 aromatic carbocycles. The summed E-state index contributed by atoms with van der Waals surface area (Å²) in [6.45, 7) is 4.14. The number of urea groups is 1. The maximum absolute atomic E-state index is 13.0. The number of nitriles is 1. The average molecular weight is 485 g/mol. The van der Waals surface area contributed by atoms with Crippen molar-refractivity contribution < 1.29 is 28.7 Å². The predicted molar refractivity (Wildman–Crippen MR) is 127 cm³/mol. The molecule has 35 heavy (non-hydrogen) atoms. The topological polar surface area (TPSA) is 129 Å². The monoisotopic (exact) mass is 484 g/mol. The van der Waals surface area contributed by atoms with Gasteiger partial charge in [0.05, 0.1) is 25.0 Å². The fourth-order valence-corrected chi connectivity index (χ4v) is 4.21. The van der Waals surface area contributed by atoms with E-state index in [0.29, 0.717) is 42.5 Å². The standard InChI is InChI=1S/C25H32N4O6/c1-3-13-34-19-10-9-18(15-20(19)35-14-4-2)29-23(32)22(31)28(24(29)33)16-21(30)27-25(17-26)11-7-5-6-8-12-25/h9-10,15H,3-8,11-14,16H2,1-2H3,(H,27,30). The minimum absolute atomic E-state index is 0.142. The number of ether oxygens (including phenoxy) is 2. The Kier molecular flexibility index (Phi) is 8.68. The van der Waals surface area contributed by atoms with Crippen molar-refractivity contribution in [1.29, 1.82) is 5.26 Å². The van der Waals surface area contributed by atoms with Crippen LogP contribution in [-0.4, -0.2) is 54.0 Å². The summed E-state index contributed by atoms with van der Waals surface area (Å²) in [6.07, 6.45) is 6.13. The first-order valence-corrected chi connectivity index (χ1v) is 12.2. The molecule has 1 aliphatic heterocycles. The number of rotatable bonds is 10. The number of carbonyl (C=O) groups is 4. The molecule has 5 amide bonds. The van der Waals surface area contributed by atoms with Gasteiger partial charge in [0, 0.05) is 6.07 Å². The molecule has 0 spiro atoms. The molecule has 1 aromatic rings. The van der Waals surface area contributed by atoms with Crippen LogP contribution in [0.25, 0.3) is 0 Å². The van der Waals surface area contributed by atoms with E-state index >= 15 is 0 Å². The third-order valence-corrected chi connectivity index (χ3v) is 6.01. The maximum Gasteiger partial charge on any atom is 0.339 e. The van der Waals surface area contributed by atoms with E-state index in [2.05, 4.69) is 11.4 Å². The van der Waals surface area contributed by atoms with Crippen LogP contribution in [0.1, 0.15) is 65.2 Å². The van der Waals surface area contributed by atoms with Crippen LogP contribution in [0.5, 0.6) is 11.5 Å². The fraction of sp³-hybridized carbons (Fsp3) is 0.560. The first-order chi connectivity index (χ1) is 16.9. The average Bonchev–Trinajstić information content (AvgIpc) is 3.01. The van der Waals surface area contributed by atoms with Crippen molar-refractivity contribution in [2.24, 2.45) is 0 Å². The SMILES string of the molecule is CCCOc1ccc(N2C(=O)C(=O)N(CC(=O)NC3(C#N)CCCCCC3)C2=O)cc1OCCC. The maximum atomic E-state index is 13.0. The highest BCUT2D eigenvalue weighted by Crippen LogP contribution is 2.34. The first-order valence-electron chi connectivity index (χ1n) is 12.2. The Hall–Kier alpha value is -3.61. The van der Waals surface area contributed by atoms with Gasteiger partial charge in [-0.1, -0.05) is 39.5 Å². The normalized spacial score (nSPS) is 17.7. The molecule has 0 radical (unpaired) electrons. The molecule has 1 heterocycles. The molecule has 0 aromatic heterocycles. The van der Waals surface area contributed by atoms with Crippen LogP contribution >= 0.6 is 0 Å². The van der Waals surface area contributed by atoms with Crippen LogP contribution in [0.4, 0.5) is 10.5 Å². The molecule has 3 rings (SSSR count). The second kappa shape index (κ2) is 11.7. The van der Waals surface area contributed by atoms with Crippen molar-refractivity contribution in [2.45, 2.75) is 70.8 Å². The lowest BCUT2D eigenvalue weighted by atomic mass is 9.92. The number of nitrogens with zero attached hydrogens (tertiary/aromatic N) is 3.